The molecular weight excluding hydrogens is 358 g/mol. The summed E-state index contributed by atoms with van der Waals surface area (Å²) in [5.74, 6) is 0.682. The summed E-state index contributed by atoms with van der Waals surface area (Å²) in [6, 6.07) is 9.57. The number of thiazole rings is 1. The molecule has 2 aromatic heterocycles. The Morgan fingerprint density at radius 3 is 2.74 bits per heavy atom. The van der Waals surface area contributed by atoms with E-state index in [0.29, 0.717) is 25.1 Å². The average Bonchev–Trinajstić information content (AvgIpc) is 3.11. The van der Waals surface area contributed by atoms with Gasteiger partial charge in [0.25, 0.3) is 5.91 Å². The van der Waals surface area contributed by atoms with Crippen LogP contribution in [0.3, 0.4) is 0 Å². The molecule has 0 aliphatic heterocycles. The van der Waals surface area contributed by atoms with Gasteiger partial charge in [0.2, 0.25) is 0 Å². The summed E-state index contributed by atoms with van der Waals surface area (Å²) >= 11 is 1.56. The molecule has 27 heavy (non-hydrogen) atoms. The zero-order chi connectivity index (χ0) is 19.2. The Bertz CT molecular complexity index is 919. The van der Waals surface area contributed by atoms with Gasteiger partial charge in [0, 0.05) is 29.6 Å². The molecule has 0 aliphatic rings. The third-order valence-electron chi connectivity index (χ3n) is 4.28. The second-order valence-electron chi connectivity index (χ2n) is 6.46. The van der Waals surface area contributed by atoms with Crippen molar-refractivity contribution in [2.75, 3.05) is 6.54 Å². The Balaban J connectivity index is 1.45. The normalized spacial score (nSPS) is 10.6. The van der Waals surface area contributed by atoms with E-state index in [1.165, 1.54) is 5.56 Å². The topological polar surface area (TPSA) is 64.1 Å². The molecule has 0 saturated carbocycles. The summed E-state index contributed by atoms with van der Waals surface area (Å²) in [6.45, 7) is 6.96. The number of ether oxygens (including phenoxy) is 1. The van der Waals surface area contributed by atoms with Gasteiger partial charge in [-0.05, 0) is 56.2 Å². The maximum Gasteiger partial charge on any atom is 0.251 e. The number of rotatable bonds is 7. The van der Waals surface area contributed by atoms with E-state index in [2.05, 4.69) is 15.3 Å². The van der Waals surface area contributed by atoms with Crippen LogP contribution in [0.2, 0.25) is 0 Å². The quantitative estimate of drug-likeness (QED) is 0.671. The van der Waals surface area contributed by atoms with Gasteiger partial charge in [-0.3, -0.25) is 9.78 Å². The van der Waals surface area contributed by atoms with Crippen LogP contribution in [0, 0.1) is 20.8 Å². The van der Waals surface area contributed by atoms with Crippen molar-refractivity contribution in [2.24, 2.45) is 0 Å². The number of nitrogens with one attached hydrogen (secondary N) is 1. The molecule has 3 aromatic rings. The number of pyridine rings is 1. The number of hydrogen-bond donors (Lipinski definition) is 1. The molecule has 0 unspecified atom stereocenters. The number of hydrogen-bond acceptors (Lipinski definition) is 5. The fourth-order valence-corrected chi connectivity index (χ4v) is 3.24. The Labute approximate surface area is 163 Å². The Kier molecular flexibility index (Phi) is 6.19. The van der Waals surface area contributed by atoms with Gasteiger partial charge < -0.3 is 10.1 Å². The molecule has 1 N–H and O–H groups in total. The van der Waals surface area contributed by atoms with Gasteiger partial charge in [-0.25, -0.2) is 4.98 Å². The number of nitrogens with zero attached hydrogens (tertiary/aromatic N) is 2. The molecule has 0 spiro atoms. The highest BCUT2D eigenvalue weighted by Gasteiger charge is 2.08. The van der Waals surface area contributed by atoms with Crippen molar-refractivity contribution in [1.82, 2.24) is 15.3 Å². The second kappa shape index (κ2) is 8.77. The number of carbonyl (C=O) groups is 1. The molecule has 0 bridgehead atoms. The first kappa shape index (κ1) is 19.0. The fourth-order valence-electron chi connectivity index (χ4n) is 2.50. The molecule has 0 atom stereocenters. The van der Waals surface area contributed by atoms with E-state index in [1.54, 1.807) is 17.5 Å². The Morgan fingerprint density at radius 1 is 1.15 bits per heavy atom. The van der Waals surface area contributed by atoms with Gasteiger partial charge >= 0.3 is 0 Å². The first-order valence-corrected chi connectivity index (χ1v) is 9.73. The number of carbonyl (C=O) groups excluding carboxylic acids is 1. The van der Waals surface area contributed by atoms with Crippen LogP contribution < -0.4 is 10.1 Å². The maximum atomic E-state index is 12.2. The lowest BCUT2D eigenvalue weighted by molar-refractivity contribution is 0.0954. The summed E-state index contributed by atoms with van der Waals surface area (Å²) in [6.07, 6.45) is 2.41. The minimum Gasteiger partial charge on any atom is -0.485 e. The van der Waals surface area contributed by atoms with Crippen molar-refractivity contribution in [3.05, 3.63) is 75.0 Å². The van der Waals surface area contributed by atoms with Crippen molar-refractivity contribution in [1.29, 1.82) is 0 Å². The average molecular weight is 382 g/mol. The summed E-state index contributed by atoms with van der Waals surface area (Å²) in [4.78, 5) is 21.0. The fraction of sp³-hybridized carbons (Fsp3) is 0.286. The van der Waals surface area contributed by atoms with E-state index in [1.807, 2.05) is 56.5 Å². The van der Waals surface area contributed by atoms with Crippen LogP contribution in [0.1, 0.15) is 37.9 Å². The van der Waals surface area contributed by atoms with Crippen LogP contribution in [0.5, 0.6) is 5.75 Å². The maximum absolute atomic E-state index is 12.2. The van der Waals surface area contributed by atoms with Gasteiger partial charge in [-0.15, -0.1) is 11.3 Å². The van der Waals surface area contributed by atoms with Gasteiger partial charge in [0.05, 0.1) is 11.9 Å². The van der Waals surface area contributed by atoms with E-state index in [0.717, 1.165) is 27.7 Å². The monoisotopic (exact) mass is 381 g/mol. The lowest BCUT2D eigenvalue weighted by atomic mass is 10.1. The lowest BCUT2D eigenvalue weighted by Crippen LogP contribution is -2.25. The number of aromatic nitrogens is 2. The van der Waals surface area contributed by atoms with E-state index in [9.17, 15) is 4.79 Å². The molecular formula is C21H23N3O2S. The van der Waals surface area contributed by atoms with E-state index < -0.39 is 0 Å². The molecule has 2 heterocycles. The van der Waals surface area contributed by atoms with E-state index in [4.69, 9.17) is 4.74 Å². The molecule has 0 saturated heterocycles. The standard InChI is InChI=1S/C21H23N3O2S/c1-14-4-6-17(10-15(14)2)21(25)22-9-8-18-13-27-20(24-18)12-26-19-7-5-16(3)23-11-19/h4-7,10-11,13H,8-9,12H2,1-3H3,(H,22,25). The Morgan fingerprint density at radius 2 is 2.00 bits per heavy atom. The summed E-state index contributed by atoms with van der Waals surface area (Å²) in [5.41, 5.74) is 4.92. The van der Waals surface area contributed by atoms with Crippen molar-refractivity contribution < 1.29 is 9.53 Å². The van der Waals surface area contributed by atoms with Crippen LogP contribution >= 0.6 is 11.3 Å². The highest BCUT2D eigenvalue weighted by atomic mass is 32.1. The molecule has 0 aliphatic carbocycles. The Hall–Kier alpha value is -2.73. The SMILES string of the molecule is Cc1ccc(OCc2nc(CCNC(=O)c3ccc(C)c(C)c3)cs2)cn1. The largest absolute Gasteiger partial charge is 0.485 e. The first-order valence-electron chi connectivity index (χ1n) is 8.85. The van der Waals surface area contributed by atoms with Crippen molar-refractivity contribution >= 4 is 17.2 Å². The first-order chi connectivity index (χ1) is 13.0. The molecule has 1 aromatic carbocycles. The summed E-state index contributed by atoms with van der Waals surface area (Å²) in [5, 5.41) is 5.87. The van der Waals surface area contributed by atoms with Crippen molar-refractivity contribution in [3.63, 3.8) is 0 Å². The third kappa shape index (κ3) is 5.37. The van der Waals surface area contributed by atoms with Crippen molar-refractivity contribution in [3.8, 4) is 5.75 Å². The van der Waals surface area contributed by atoms with Crippen LogP contribution in [-0.2, 0) is 13.0 Å². The van der Waals surface area contributed by atoms with Crippen LogP contribution in [0.25, 0.3) is 0 Å². The second-order valence-corrected chi connectivity index (χ2v) is 7.40. The molecule has 6 heteroatoms. The zero-order valence-electron chi connectivity index (χ0n) is 15.8. The van der Waals surface area contributed by atoms with E-state index >= 15 is 0 Å². The smallest absolute Gasteiger partial charge is 0.251 e. The van der Waals surface area contributed by atoms with E-state index in [-0.39, 0.29) is 5.91 Å². The van der Waals surface area contributed by atoms with Crippen LogP contribution in [-0.4, -0.2) is 22.4 Å². The van der Waals surface area contributed by atoms with Gasteiger partial charge in [-0.2, -0.15) is 0 Å². The van der Waals surface area contributed by atoms with Crippen LogP contribution in [0.15, 0.2) is 41.9 Å². The number of benzene rings is 1. The molecule has 0 radical (unpaired) electrons. The van der Waals surface area contributed by atoms with Crippen molar-refractivity contribution in [2.45, 2.75) is 33.8 Å². The summed E-state index contributed by atoms with van der Waals surface area (Å²) in [7, 11) is 0. The third-order valence-corrected chi connectivity index (χ3v) is 5.15. The summed E-state index contributed by atoms with van der Waals surface area (Å²) < 4.78 is 5.70. The highest BCUT2D eigenvalue weighted by Crippen LogP contribution is 2.15. The zero-order valence-corrected chi connectivity index (χ0v) is 16.6. The van der Waals surface area contributed by atoms with Gasteiger partial charge in [0.15, 0.2) is 0 Å². The number of amides is 1. The molecule has 140 valence electrons. The van der Waals surface area contributed by atoms with Crippen LogP contribution in [0.4, 0.5) is 0 Å². The predicted octanol–water partition coefficient (Wildman–Crippen LogP) is 4.01. The highest BCUT2D eigenvalue weighted by molar-refractivity contribution is 7.09. The molecule has 0 fully saturated rings. The van der Waals surface area contributed by atoms with Gasteiger partial charge in [-0.1, -0.05) is 6.07 Å². The minimum atomic E-state index is -0.0521. The molecule has 1 amide bonds. The van der Waals surface area contributed by atoms with Gasteiger partial charge in [0.1, 0.15) is 17.4 Å². The molecule has 3 rings (SSSR count). The minimum absolute atomic E-state index is 0.0521. The molecule has 5 nitrogen and oxygen atoms in total. The lowest BCUT2D eigenvalue weighted by Gasteiger charge is -2.06. The predicted molar refractivity (Wildman–Crippen MR) is 107 cm³/mol. The number of aryl methyl sites for hydroxylation is 3.